The summed E-state index contributed by atoms with van der Waals surface area (Å²) in [6.45, 7) is 0.792. The van der Waals surface area contributed by atoms with E-state index < -0.39 is 15.8 Å². The van der Waals surface area contributed by atoms with Crippen LogP contribution >= 0.6 is 0 Å². The summed E-state index contributed by atoms with van der Waals surface area (Å²) in [5.41, 5.74) is 1.52. The first-order valence-electron chi connectivity index (χ1n) is 12.3. The first-order valence-corrected chi connectivity index (χ1v) is 13.8. The van der Waals surface area contributed by atoms with Crippen LogP contribution in [-0.4, -0.2) is 43.8 Å². The molecule has 1 aromatic heterocycles. The smallest absolute Gasteiger partial charge is 0.265 e. The summed E-state index contributed by atoms with van der Waals surface area (Å²) in [7, 11) is -4.14. The third-order valence-corrected chi connectivity index (χ3v) is 8.77. The molecule has 8 heteroatoms. The number of benzene rings is 3. The number of sulfonamides is 1. The molecule has 0 aliphatic carbocycles. The van der Waals surface area contributed by atoms with Crippen molar-refractivity contribution >= 4 is 32.4 Å². The summed E-state index contributed by atoms with van der Waals surface area (Å²) in [6.07, 6.45) is 5.82. The molecule has 2 heterocycles. The van der Waals surface area contributed by atoms with Crippen molar-refractivity contribution in [2.24, 2.45) is 5.92 Å². The molecular formula is C29H28FN3O3S. The Morgan fingerprint density at radius 2 is 1.68 bits per heavy atom. The first kappa shape index (κ1) is 24.9. The third kappa shape index (κ3) is 5.49. The van der Waals surface area contributed by atoms with Crippen molar-refractivity contribution in [2.75, 3.05) is 23.9 Å². The lowest BCUT2D eigenvalue weighted by Gasteiger charge is -2.34. The zero-order valence-electron chi connectivity index (χ0n) is 20.3. The number of nitrogens with zero attached hydrogens (tertiary/aromatic N) is 3. The van der Waals surface area contributed by atoms with Gasteiger partial charge >= 0.3 is 0 Å². The van der Waals surface area contributed by atoms with Crippen LogP contribution in [0.5, 0.6) is 0 Å². The lowest BCUT2D eigenvalue weighted by molar-refractivity contribution is -0.130. The second kappa shape index (κ2) is 10.7. The molecule has 1 aliphatic rings. The maximum Gasteiger partial charge on any atom is 0.265 e. The van der Waals surface area contributed by atoms with Gasteiger partial charge in [-0.25, -0.2) is 12.8 Å². The molecule has 0 bridgehead atoms. The molecule has 6 nitrogen and oxygen atoms in total. The number of carbonyl (C=O) groups excluding carboxylic acids is 1. The predicted octanol–water partition coefficient (Wildman–Crippen LogP) is 5.05. The molecule has 0 saturated carbocycles. The highest BCUT2D eigenvalue weighted by Crippen LogP contribution is 2.30. The van der Waals surface area contributed by atoms with Gasteiger partial charge in [0.25, 0.3) is 10.0 Å². The molecule has 0 atom stereocenters. The zero-order valence-corrected chi connectivity index (χ0v) is 21.1. The highest BCUT2D eigenvalue weighted by Gasteiger charge is 2.31. The SMILES string of the molecule is O=C(CN(c1ccc(F)cc1)S(=O)(=O)c1cccc2cnccc12)N1CCC(Cc2ccccc2)CC1. The van der Waals surface area contributed by atoms with Gasteiger partial charge in [0, 0.05) is 36.3 Å². The number of carbonyl (C=O) groups is 1. The highest BCUT2D eigenvalue weighted by molar-refractivity contribution is 7.93. The second-order valence-corrected chi connectivity index (χ2v) is 11.2. The van der Waals surface area contributed by atoms with E-state index in [4.69, 9.17) is 0 Å². The molecule has 1 saturated heterocycles. The van der Waals surface area contributed by atoms with Crippen molar-refractivity contribution in [3.8, 4) is 0 Å². The number of amides is 1. The quantitative estimate of drug-likeness (QED) is 0.344. The Balaban J connectivity index is 1.38. The van der Waals surface area contributed by atoms with Crippen molar-refractivity contribution in [1.29, 1.82) is 0 Å². The first-order chi connectivity index (χ1) is 17.9. The fraction of sp³-hybridized carbons (Fsp3) is 0.241. The Kier molecular flexibility index (Phi) is 7.19. The molecule has 37 heavy (non-hydrogen) atoms. The van der Waals surface area contributed by atoms with Crippen LogP contribution in [0.2, 0.25) is 0 Å². The van der Waals surface area contributed by atoms with Gasteiger partial charge in [0.2, 0.25) is 5.91 Å². The van der Waals surface area contributed by atoms with E-state index in [-0.39, 0.29) is 23.0 Å². The maximum atomic E-state index is 13.9. The van der Waals surface area contributed by atoms with Crippen molar-refractivity contribution in [3.05, 3.63) is 103 Å². The summed E-state index contributed by atoms with van der Waals surface area (Å²) in [6, 6.07) is 22.1. The number of rotatable bonds is 7. The van der Waals surface area contributed by atoms with Crippen LogP contribution in [-0.2, 0) is 21.2 Å². The third-order valence-electron chi connectivity index (χ3n) is 6.94. The fourth-order valence-corrected chi connectivity index (χ4v) is 6.55. The standard InChI is InChI=1S/C29H28FN3O3S/c30-25-9-11-26(12-10-25)33(37(35,36)28-8-4-7-24-20-31-16-13-27(24)28)21-29(34)32-17-14-23(15-18-32)19-22-5-2-1-3-6-22/h1-13,16,20,23H,14-15,17-19,21H2. The van der Waals surface area contributed by atoms with Gasteiger partial charge in [-0.15, -0.1) is 0 Å². The van der Waals surface area contributed by atoms with Gasteiger partial charge in [0.05, 0.1) is 10.6 Å². The number of likely N-dealkylation sites (tertiary alicyclic amines) is 1. The minimum absolute atomic E-state index is 0.0751. The largest absolute Gasteiger partial charge is 0.341 e. The van der Waals surface area contributed by atoms with Crippen LogP contribution in [0.1, 0.15) is 18.4 Å². The number of hydrogen-bond donors (Lipinski definition) is 0. The van der Waals surface area contributed by atoms with Crippen LogP contribution in [0.3, 0.4) is 0 Å². The molecule has 0 spiro atoms. The van der Waals surface area contributed by atoms with E-state index >= 15 is 0 Å². The lowest BCUT2D eigenvalue weighted by atomic mass is 9.90. The summed E-state index contributed by atoms with van der Waals surface area (Å²) < 4.78 is 42.6. The number of aromatic nitrogens is 1. The van der Waals surface area contributed by atoms with Gasteiger partial charge < -0.3 is 4.90 Å². The molecule has 1 amide bonds. The topological polar surface area (TPSA) is 70.6 Å². The minimum Gasteiger partial charge on any atom is -0.341 e. The van der Waals surface area contributed by atoms with Crippen molar-refractivity contribution < 1.29 is 17.6 Å². The molecular weight excluding hydrogens is 489 g/mol. The Morgan fingerprint density at radius 1 is 0.946 bits per heavy atom. The van der Waals surface area contributed by atoms with Gasteiger partial charge in [-0.05, 0) is 67.1 Å². The van der Waals surface area contributed by atoms with Crippen LogP contribution in [0.4, 0.5) is 10.1 Å². The molecule has 0 N–H and O–H groups in total. The molecule has 3 aromatic carbocycles. The van der Waals surface area contributed by atoms with Crippen LogP contribution < -0.4 is 4.31 Å². The van der Waals surface area contributed by atoms with Gasteiger partial charge in [-0.2, -0.15) is 0 Å². The van der Waals surface area contributed by atoms with Gasteiger partial charge in [0.1, 0.15) is 12.4 Å². The van der Waals surface area contributed by atoms with E-state index in [0.29, 0.717) is 29.8 Å². The average Bonchev–Trinajstić information content (AvgIpc) is 2.93. The second-order valence-electron chi connectivity index (χ2n) is 9.35. The average molecular weight is 518 g/mol. The molecule has 1 aliphatic heterocycles. The molecule has 0 radical (unpaired) electrons. The van der Waals surface area contributed by atoms with Gasteiger partial charge in [0.15, 0.2) is 0 Å². The predicted molar refractivity (Wildman–Crippen MR) is 142 cm³/mol. The molecule has 5 rings (SSSR count). The van der Waals surface area contributed by atoms with Gasteiger partial charge in [-0.3, -0.25) is 14.1 Å². The highest BCUT2D eigenvalue weighted by atomic mass is 32.2. The Labute approximate surface area is 216 Å². The number of halogens is 1. The summed E-state index contributed by atoms with van der Waals surface area (Å²) in [5.74, 6) is -0.273. The Hall–Kier alpha value is -3.78. The summed E-state index contributed by atoms with van der Waals surface area (Å²) >= 11 is 0. The van der Waals surface area contributed by atoms with Crippen LogP contribution in [0.15, 0.2) is 96.2 Å². The number of pyridine rings is 1. The molecule has 1 fully saturated rings. The normalized spacial score (nSPS) is 14.6. The van der Waals surface area contributed by atoms with Crippen molar-refractivity contribution in [2.45, 2.75) is 24.2 Å². The van der Waals surface area contributed by atoms with Crippen LogP contribution in [0.25, 0.3) is 10.8 Å². The van der Waals surface area contributed by atoms with E-state index in [1.165, 1.54) is 42.1 Å². The molecule has 0 unspecified atom stereocenters. The lowest BCUT2D eigenvalue weighted by Crippen LogP contribution is -2.46. The van der Waals surface area contributed by atoms with E-state index in [0.717, 1.165) is 23.6 Å². The zero-order chi connectivity index (χ0) is 25.8. The monoisotopic (exact) mass is 517 g/mol. The summed E-state index contributed by atoms with van der Waals surface area (Å²) in [4.78, 5) is 19.3. The number of fused-ring (bicyclic) bond motifs is 1. The van der Waals surface area contributed by atoms with E-state index in [2.05, 4.69) is 17.1 Å². The number of anilines is 1. The molecule has 4 aromatic rings. The van der Waals surface area contributed by atoms with Crippen LogP contribution in [0, 0.1) is 11.7 Å². The van der Waals surface area contributed by atoms with E-state index in [1.807, 2.05) is 18.2 Å². The minimum atomic E-state index is -4.14. The van der Waals surface area contributed by atoms with Crippen molar-refractivity contribution in [1.82, 2.24) is 9.88 Å². The number of hydrogen-bond acceptors (Lipinski definition) is 4. The Morgan fingerprint density at radius 3 is 2.41 bits per heavy atom. The maximum absolute atomic E-state index is 13.9. The molecule has 190 valence electrons. The van der Waals surface area contributed by atoms with E-state index in [9.17, 15) is 17.6 Å². The fourth-order valence-electron chi connectivity index (χ4n) is 4.92. The number of piperidine rings is 1. The summed E-state index contributed by atoms with van der Waals surface area (Å²) in [5, 5.41) is 1.19. The Bertz CT molecular complexity index is 1480. The van der Waals surface area contributed by atoms with Crippen molar-refractivity contribution in [3.63, 3.8) is 0 Å². The van der Waals surface area contributed by atoms with E-state index in [1.54, 1.807) is 29.3 Å². The van der Waals surface area contributed by atoms with Gasteiger partial charge in [-0.1, -0.05) is 42.5 Å².